The van der Waals surface area contributed by atoms with Gasteiger partial charge in [-0.05, 0) is 48.6 Å². The van der Waals surface area contributed by atoms with Crippen molar-refractivity contribution in [2.24, 2.45) is 0 Å². The van der Waals surface area contributed by atoms with Gasteiger partial charge in [-0.2, -0.15) is 0 Å². The number of nitrogens with zero attached hydrogens (tertiary/aromatic N) is 1. The second kappa shape index (κ2) is 8.89. The highest BCUT2D eigenvalue weighted by molar-refractivity contribution is 6.31. The van der Waals surface area contributed by atoms with Crippen LogP contribution in [0.1, 0.15) is 11.6 Å². The molecule has 0 aliphatic carbocycles. The molecule has 0 aliphatic rings. The van der Waals surface area contributed by atoms with Crippen molar-refractivity contribution < 1.29 is 9.53 Å². The number of halogens is 1. The predicted octanol–water partition coefficient (Wildman–Crippen LogP) is 4.29. The molecule has 0 aromatic heterocycles. The summed E-state index contributed by atoms with van der Waals surface area (Å²) >= 11 is 6.30. The number of nitrogens with one attached hydrogen (secondary N) is 1. The summed E-state index contributed by atoms with van der Waals surface area (Å²) in [5.74, 6) is 0.515. The first kappa shape index (κ1) is 19.2. The molecule has 27 heavy (non-hydrogen) atoms. The Morgan fingerprint density at radius 2 is 1.74 bits per heavy atom. The number of rotatable bonds is 7. The van der Waals surface area contributed by atoms with Crippen LogP contribution >= 0.6 is 11.6 Å². The van der Waals surface area contributed by atoms with Crippen LogP contribution in [-0.2, 0) is 4.79 Å². The lowest BCUT2D eigenvalue weighted by atomic mass is 10.1. The molecule has 3 aromatic carbocycles. The highest BCUT2D eigenvalue weighted by Gasteiger charge is 2.17. The van der Waals surface area contributed by atoms with E-state index in [0.717, 1.165) is 16.3 Å². The topological polar surface area (TPSA) is 41.6 Å². The third-order valence-corrected chi connectivity index (χ3v) is 4.82. The van der Waals surface area contributed by atoms with E-state index >= 15 is 0 Å². The van der Waals surface area contributed by atoms with E-state index in [1.807, 2.05) is 85.7 Å². The van der Waals surface area contributed by atoms with Gasteiger partial charge in [0.05, 0.1) is 6.04 Å². The van der Waals surface area contributed by atoms with Gasteiger partial charge >= 0.3 is 0 Å². The van der Waals surface area contributed by atoms with Crippen molar-refractivity contribution in [1.82, 2.24) is 10.2 Å². The van der Waals surface area contributed by atoms with Gasteiger partial charge in [0.2, 0.25) is 0 Å². The summed E-state index contributed by atoms with van der Waals surface area (Å²) in [6, 6.07) is 21.5. The summed E-state index contributed by atoms with van der Waals surface area (Å²) < 4.78 is 5.65. The number of ether oxygens (including phenoxy) is 1. The van der Waals surface area contributed by atoms with Crippen molar-refractivity contribution in [3.63, 3.8) is 0 Å². The first-order valence-corrected chi connectivity index (χ1v) is 9.21. The highest BCUT2D eigenvalue weighted by Crippen LogP contribution is 2.25. The molecule has 5 heteroatoms. The first-order valence-electron chi connectivity index (χ1n) is 8.84. The summed E-state index contributed by atoms with van der Waals surface area (Å²) in [6.07, 6.45) is 0. The van der Waals surface area contributed by atoms with Gasteiger partial charge < -0.3 is 15.0 Å². The molecule has 140 valence electrons. The molecule has 1 atom stereocenters. The molecule has 0 heterocycles. The van der Waals surface area contributed by atoms with Gasteiger partial charge in [0, 0.05) is 11.6 Å². The van der Waals surface area contributed by atoms with E-state index in [9.17, 15) is 4.79 Å². The summed E-state index contributed by atoms with van der Waals surface area (Å²) in [7, 11) is 3.93. The van der Waals surface area contributed by atoms with Gasteiger partial charge in [0.15, 0.2) is 6.61 Å². The number of likely N-dealkylation sites (N-methyl/N-ethyl adjacent to an activating group) is 1. The summed E-state index contributed by atoms with van der Waals surface area (Å²) in [6.45, 7) is 0.428. The largest absolute Gasteiger partial charge is 0.484 e. The fourth-order valence-corrected chi connectivity index (χ4v) is 3.25. The molecule has 0 saturated carbocycles. The number of benzene rings is 3. The SMILES string of the molecule is CN(C)C(CNC(=O)COc1ccc2ccccc2c1)c1ccccc1Cl. The maximum absolute atomic E-state index is 12.2. The van der Waals surface area contributed by atoms with Gasteiger partial charge in [-0.25, -0.2) is 0 Å². The number of carbonyl (C=O) groups excluding carboxylic acids is 1. The molecule has 0 aliphatic heterocycles. The molecule has 0 fully saturated rings. The van der Waals surface area contributed by atoms with E-state index in [1.165, 1.54) is 0 Å². The van der Waals surface area contributed by atoms with E-state index in [4.69, 9.17) is 16.3 Å². The van der Waals surface area contributed by atoms with Crippen LogP contribution < -0.4 is 10.1 Å². The molecule has 0 spiro atoms. The summed E-state index contributed by atoms with van der Waals surface area (Å²) in [4.78, 5) is 14.3. The smallest absolute Gasteiger partial charge is 0.258 e. The Morgan fingerprint density at radius 1 is 1.04 bits per heavy atom. The third-order valence-electron chi connectivity index (χ3n) is 4.47. The number of hydrogen-bond acceptors (Lipinski definition) is 3. The lowest BCUT2D eigenvalue weighted by Crippen LogP contribution is -2.37. The molecule has 1 N–H and O–H groups in total. The molecule has 3 rings (SSSR count). The second-order valence-corrected chi connectivity index (χ2v) is 7.01. The van der Waals surface area contributed by atoms with Crippen molar-refractivity contribution in [1.29, 1.82) is 0 Å². The molecule has 0 bridgehead atoms. The van der Waals surface area contributed by atoms with Gasteiger partial charge in [-0.3, -0.25) is 4.79 Å². The summed E-state index contributed by atoms with van der Waals surface area (Å²) in [5, 5.41) is 5.85. The van der Waals surface area contributed by atoms with E-state index in [-0.39, 0.29) is 18.6 Å². The third kappa shape index (κ3) is 5.00. The Balaban J connectivity index is 1.57. The van der Waals surface area contributed by atoms with Gasteiger partial charge in [0.1, 0.15) is 5.75 Å². The van der Waals surface area contributed by atoms with Crippen LogP contribution in [0.4, 0.5) is 0 Å². The number of hydrogen-bond donors (Lipinski definition) is 1. The zero-order chi connectivity index (χ0) is 19.2. The average Bonchev–Trinajstić information content (AvgIpc) is 2.67. The number of carbonyl (C=O) groups is 1. The van der Waals surface area contributed by atoms with Gasteiger partial charge in [0.25, 0.3) is 5.91 Å². The van der Waals surface area contributed by atoms with Crippen molar-refractivity contribution in [3.05, 3.63) is 77.3 Å². The van der Waals surface area contributed by atoms with Crippen LogP contribution in [0.15, 0.2) is 66.7 Å². The minimum atomic E-state index is -0.165. The molecule has 4 nitrogen and oxygen atoms in total. The normalized spacial score (nSPS) is 12.1. The van der Waals surface area contributed by atoms with Crippen LogP contribution in [0.3, 0.4) is 0 Å². The molecule has 3 aromatic rings. The van der Waals surface area contributed by atoms with E-state index < -0.39 is 0 Å². The maximum Gasteiger partial charge on any atom is 0.258 e. The van der Waals surface area contributed by atoms with Crippen LogP contribution in [0, 0.1) is 0 Å². The van der Waals surface area contributed by atoms with Crippen molar-refractivity contribution >= 4 is 28.3 Å². The molecule has 1 amide bonds. The molecule has 0 radical (unpaired) electrons. The lowest BCUT2D eigenvalue weighted by Gasteiger charge is -2.26. The molecule has 1 unspecified atom stereocenters. The van der Waals surface area contributed by atoms with Gasteiger partial charge in [-0.1, -0.05) is 60.1 Å². The van der Waals surface area contributed by atoms with Crippen LogP contribution in [0.5, 0.6) is 5.75 Å². The maximum atomic E-state index is 12.2. The number of fused-ring (bicyclic) bond motifs is 1. The zero-order valence-corrected chi connectivity index (χ0v) is 16.2. The first-order chi connectivity index (χ1) is 13.0. The Hall–Kier alpha value is -2.56. The second-order valence-electron chi connectivity index (χ2n) is 6.60. The highest BCUT2D eigenvalue weighted by atomic mass is 35.5. The van der Waals surface area contributed by atoms with E-state index in [1.54, 1.807) is 0 Å². The van der Waals surface area contributed by atoms with E-state index in [0.29, 0.717) is 17.3 Å². The fourth-order valence-electron chi connectivity index (χ4n) is 2.98. The Labute approximate surface area is 164 Å². The number of amides is 1. The molecular weight excluding hydrogens is 360 g/mol. The van der Waals surface area contributed by atoms with Gasteiger partial charge in [-0.15, -0.1) is 0 Å². The Kier molecular flexibility index (Phi) is 6.32. The fraction of sp³-hybridized carbons (Fsp3) is 0.227. The summed E-state index contributed by atoms with van der Waals surface area (Å²) in [5.41, 5.74) is 0.986. The Bertz CT molecular complexity index is 927. The van der Waals surface area contributed by atoms with Crippen molar-refractivity contribution in [2.75, 3.05) is 27.2 Å². The molecular formula is C22H23ClN2O2. The van der Waals surface area contributed by atoms with Crippen LogP contribution in [0.2, 0.25) is 5.02 Å². The van der Waals surface area contributed by atoms with Crippen LogP contribution in [0.25, 0.3) is 10.8 Å². The lowest BCUT2D eigenvalue weighted by molar-refractivity contribution is -0.123. The Morgan fingerprint density at radius 3 is 2.48 bits per heavy atom. The monoisotopic (exact) mass is 382 g/mol. The average molecular weight is 383 g/mol. The van der Waals surface area contributed by atoms with Crippen LogP contribution in [-0.4, -0.2) is 38.1 Å². The minimum absolute atomic E-state index is 0.0108. The quantitative estimate of drug-likeness (QED) is 0.662. The predicted molar refractivity (Wildman–Crippen MR) is 110 cm³/mol. The van der Waals surface area contributed by atoms with Crippen molar-refractivity contribution in [2.45, 2.75) is 6.04 Å². The van der Waals surface area contributed by atoms with Crippen molar-refractivity contribution in [3.8, 4) is 5.75 Å². The van der Waals surface area contributed by atoms with E-state index in [2.05, 4.69) is 5.32 Å². The minimum Gasteiger partial charge on any atom is -0.484 e. The standard InChI is InChI=1S/C22H23ClN2O2/c1-25(2)21(19-9-5-6-10-20(19)23)14-24-22(26)15-27-18-12-11-16-7-3-4-8-17(16)13-18/h3-13,21H,14-15H2,1-2H3,(H,24,26). The molecule has 0 saturated heterocycles. The zero-order valence-electron chi connectivity index (χ0n) is 15.5.